The molecule has 0 fully saturated rings. The second kappa shape index (κ2) is 15.2. The molecular weight excluding hydrogens is 648 g/mol. The van der Waals surface area contributed by atoms with Crippen LogP contribution >= 0.6 is 0 Å². The lowest BCUT2D eigenvalue weighted by Crippen LogP contribution is -2.32. The molecule has 0 aliphatic heterocycles. The van der Waals surface area contributed by atoms with Crippen molar-refractivity contribution in [3.63, 3.8) is 0 Å². The molecule has 270 valence electrons. The van der Waals surface area contributed by atoms with Crippen molar-refractivity contribution >= 4 is 50.3 Å². The Bertz CT molecular complexity index is 2290. The molecule has 12 heteroatoms. The average molecular weight is 697 g/mol. The summed E-state index contributed by atoms with van der Waals surface area (Å²) in [6, 6.07) is 16.0. The van der Waals surface area contributed by atoms with Crippen LogP contribution in [-0.4, -0.2) is 52.9 Å². The van der Waals surface area contributed by atoms with E-state index in [9.17, 15) is 19.7 Å². The second-order valence-electron chi connectivity index (χ2n) is 13.2. The lowest BCUT2D eigenvalue weighted by molar-refractivity contribution is -0.383. The number of aryl methyl sites for hydroxylation is 7. The fourth-order valence-electron chi connectivity index (χ4n) is 6.74. The van der Waals surface area contributed by atoms with Crippen molar-refractivity contribution in [2.24, 2.45) is 32.6 Å². The zero-order chi connectivity index (χ0) is 38.1. The molecule has 0 bridgehead atoms. The number of nitro benzene ring substituents is 1. The monoisotopic (exact) mass is 696 g/mol. The Morgan fingerprint density at radius 3 is 1.73 bits per heavy atom. The molecule has 51 heavy (non-hydrogen) atoms. The Morgan fingerprint density at radius 1 is 0.706 bits per heavy atom. The Kier molecular flexibility index (Phi) is 11.4. The normalized spacial score (nSPS) is 12.3. The number of hydrogen-bond acceptors (Lipinski definition) is 6. The van der Waals surface area contributed by atoms with Crippen LogP contribution in [0.1, 0.15) is 44.9 Å². The molecule has 0 saturated heterocycles. The van der Waals surface area contributed by atoms with Crippen LogP contribution in [0, 0.1) is 51.7 Å². The SMILES string of the molecule is Cc1ccc([N+](=O)[O-])c2c1c(CC(N)C(=O)O)c(C)n2C.Cc1cccc2c1c(CC(N)C(=O)O)c(C)n2C.Cc1cccc2c1cc(C)n2C. The molecule has 6 aromatic rings. The minimum atomic E-state index is -1.09. The molecule has 2 unspecified atom stereocenters. The fraction of sp³-hybridized carbons (Fsp3) is 0.333. The van der Waals surface area contributed by atoms with Gasteiger partial charge in [-0.25, -0.2) is 0 Å². The molecule has 0 saturated carbocycles. The number of nitro groups is 1. The van der Waals surface area contributed by atoms with E-state index >= 15 is 0 Å². The first-order valence-electron chi connectivity index (χ1n) is 16.6. The lowest BCUT2D eigenvalue weighted by Gasteiger charge is -2.08. The third kappa shape index (κ3) is 7.52. The van der Waals surface area contributed by atoms with Crippen molar-refractivity contribution in [2.75, 3.05) is 0 Å². The van der Waals surface area contributed by atoms with Crippen LogP contribution < -0.4 is 11.5 Å². The number of rotatable bonds is 7. The maximum absolute atomic E-state index is 11.2. The molecule has 3 aromatic carbocycles. The number of hydrogen-bond donors (Lipinski definition) is 4. The maximum Gasteiger partial charge on any atom is 0.320 e. The molecule has 0 aliphatic carbocycles. The van der Waals surface area contributed by atoms with Gasteiger partial charge in [0.1, 0.15) is 17.6 Å². The molecule has 0 radical (unpaired) electrons. The number of nitrogens with zero attached hydrogens (tertiary/aromatic N) is 4. The summed E-state index contributed by atoms with van der Waals surface area (Å²) in [6.45, 7) is 12.0. The number of non-ortho nitro benzene ring substituents is 1. The predicted octanol–water partition coefficient (Wildman–Crippen LogP) is 6.20. The molecular formula is C39H48N6O6. The van der Waals surface area contributed by atoms with E-state index in [1.165, 1.54) is 28.2 Å². The second-order valence-corrected chi connectivity index (χ2v) is 13.2. The molecule has 12 nitrogen and oxygen atoms in total. The summed E-state index contributed by atoms with van der Waals surface area (Å²) in [5, 5.41) is 32.4. The van der Waals surface area contributed by atoms with Crippen LogP contribution in [0.3, 0.4) is 0 Å². The minimum absolute atomic E-state index is 0.0105. The molecule has 0 aliphatic rings. The number of carbonyl (C=O) groups is 2. The first kappa shape index (κ1) is 38.3. The van der Waals surface area contributed by atoms with Gasteiger partial charge in [-0.3, -0.25) is 19.7 Å². The van der Waals surface area contributed by atoms with Crippen molar-refractivity contribution in [3.8, 4) is 0 Å². The van der Waals surface area contributed by atoms with Crippen LogP contribution in [0.5, 0.6) is 0 Å². The van der Waals surface area contributed by atoms with E-state index in [-0.39, 0.29) is 12.1 Å². The van der Waals surface area contributed by atoms with Gasteiger partial charge >= 0.3 is 11.9 Å². The van der Waals surface area contributed by atoms with E-state index in [0.717, 1.165) is 49.9 Å². The van der Waals surface area contributed by atoms with Gasteiger partial charge in [-0.2, -0.15) is 0 Å². The Hall–Kier alpha value is -5.46. The predicted molar refractivity (Wildman–Crippen MR) is 202 cm³/mol. The zero-order valence-corrected chi connectivity index (χ0v) is 30.7. The van der Waals surface area contributed by atoms with Crippen molar-refractivity contribution in [2.45, 2.75) is 66.5 Å². The molecule has 0 spiro atoms. The van der Waals surface area contributed by atoms with Crippen LogP contribution in [-0.2, 0) is 43.6 Å². The molecule has 3 aromatic heterocycles. The maximum atomic E-state index is 11.2. The molecule has 6 N–H and O–H groups in total. The first-order chi connectivity index (χ1) is 23.9. The summed E-state index contributed by atoms with van der Waals surface area (Å²) in [4.78, 5) is 32.7. The van der Waals surface area contributed by atoms with E-state index < -0.39 is 28.9 Å². The van der Waals surface area contributed by atoms with Gasteiger partial charge in [0.25, 0.3) is 5.69 Å². The zero-order valence-electron chi connectivity index (χ0n) is 30.7. The first-order valence-corrected chi connectivity index (χ1v) is 16.6. The Balaban J connectivity index is 0.000000177. The van der Waals surface area contributed by atoms with Gasteiger partial charge in [0.15, 0.2) is 0 Å². The van der Waals surface area contributed by atoms with E-state index in [1.54, 1.807) is 17.7 Å². The highest BCUT2D eigenvalue weighted by Crippen LogP contribution is 2.35. The number of benzene rings is 3. The van der Waals surface area contributed by atoms with Crippen LogP contribution in [0.2, 0.25) is 0 Å². The van der Waals surface area contributed by atoms with Gasteiger partial charge in [-0.1, -0.05) is 30.3 Å². The summed E-state index contributed by atoms with van der Waals surface area (Å²) in [6.07, 6.45) is 0.504. The van der Waals surface area contributed by atoms with Gasteiger partial charge in [-0.15, -0.1) is 0 Å². The average Bonchev–Trinajstić information content (AvgIpc) is 3.61. The highest BCUT2D eigenvalue weighted by atomic mass is 16.6. The Morgan fingerprint density at radius 2 is 1.20 bits per heavy atom. The van der Waals surface area contributed by atoms with Crippen molar-refractivity contribution < 1.29 is 24.7 Å². The standard InChI is InChI=1S/C14H17N3O4.C14H18N2O2.C11H13N/c1-7-4-5-11(17(20)21)13-12(7)9(8(2)16(13)3)6-10(15)14(18)19;1-8-5-4-6-12-13(8)10(9(2)16(12)3)7-11(15)14(17)18;1-8-5-4-6-11-10(8)7-9(2)12(11)3/h4-5,10H,6,15H2,1-3H3,(H,18,19);4-6,11H,7,15H2,1-3H3,(H,17,18);4-7H,1-3H3. The third-order valence-electron chi connectivity index (χ3n) is 10.0. The highest BCUT2D eigenvalue weighted by molar-refractivity contribution is 5.95. The smallest absolute Gasteiger partial charge is 0.320 e. The molecule has 2 atom stereocenters. The van der Waals surface area contributed by atoms with Gasteiger partial charge < -0.3 is 35.4 Å². The van der Waals surface area contributed by atoms with Gasteiger partial charge in [0.2, 0.25) is 0 Å². The van der Waals surface area contributed by atoms with Crippen LogP contribution in [0.25, 0.3) is 32.7 Å². The van der Waals surface area contributed by atoms with Gasteiger partial charge in [-0.05, 0) is 87.6 Å². The highest BCUT2D eigenvalue weighted by Gasteiger charge is 2.25. The van der Waals surface area contributed by atoms with E-state index in [4.69, 9.17) is 21.7 Å². The van der Waals surface area contributed by atoms with Crippen LogP contribution in [0.4, 0.5) is 5.69 Å². The van der Waals surface area contributed by atoms with Crippen molar-refractivity contribution in [1.82, 2.24) is 13.7 Å². The molecule has 6 rings (SSSR count). The van der Waals surface area contributed by atoms with E-state index in [0.29, 0.717) is 11.9 Å². The number of fused-ring (bicyclic) bond motifs is 3. The molecule has 0 amide bonds. The topological polar surface area (TPSA) is 185 Å². The Labute approximate surface area is 297 Å². The van der Waals surface area contributed by atoms with Crippen molar-refractivity contribution in [3.05, 3.63) is 110 Å². The number of aromatic nitrogens is 3. The summed E-state index contributed by atoms with van der Waals surface area (Å²) < 4.78 is 6.04. The number of aliphatic carboxylic acids is 2. The minimum Gasteiger partial charge on any atom is -0.480 e. The van der Waals surface area contributed by atoms with Gasteiger partial charge in [0.05, 0.1) is 4.92 Å². The number of nitrogens with two attached hydrogens (primary N) is 2. The van der Waals surface area contributed by atoms with E-state index in [1.807, 2.05) is 52.9 Å². The third-order valence-corrected chi connectivity index (χ3v) is 10.0. The van der Waals surface area contributed by atoms with E-state index in [2.05, 4.69) is 54.3 Å². The van der Waals surface area contributed by atoms with Gasteiger partial charge in [0, 0.05) is 84.3 Å². The quantitative estimate of drug-likeness (QED) is 0.112. The number of carboxylic acid groups (broad SMARTS) is 2. The largest absolute Gasteiger partial charge is 0.480 e. The summed E-state index contributed by atoms with van der Waals surface area (Å²) in [7, 11) is 5.84. The fourth-order valence-corrected chi connectivity index (χ4v) is 6.74. The molecule has 3 heterocycles. The summed E-state index contributed by atoms with van der Waals surface area (Å²) in [5.41, 5.74) is 22.6. The number of carboxylic acids is 2. The summed E-state index contributed by atoms with van der Waals surface area (Å²) >= 11 is 0. The van der Waals surface area contributed by atoms with Crippen molar-refractivity contribution in [1.29, 1.82) is 0 Å². The van der Waals surface area contributed by atoms with Crippen LogP contribution in [0.15, 0.2) is 54.6 Å². The summed E-state index contributed by atoms with van der Waals surface area (Å²) in [5.74, 6) is -2.05. The lowest BCUT2D eigenvalue weighted by atomic mass is 9.99.